The Hall–Kier alpha value is -2.80. The molecule has 170 valence electrons. The summed E-state index contributed by atoms with van der Waals surface area (Å²) in [5.74, 6) is 1.92. The van der Waals surface area contributed by atoms with E-state index >= 15 is 0 Å². The number of carbonyl (C=O) groups is 1. The normalized spacial score (nSPS) is 14.7. The van der Waals surface area contributed by atoms with Gasteiger partial charge in [-0.15, -0.1) is 0 Å². The Morgan fingerprint density at radius 1 is 1.16 bits per heavy atom. The van der Waals surface area contributed by atoms with Crippen LogP contribution < -0.4 is 19.7 Å². The van der Waals surface area contributed by atoms with Gasteiger partial charge in [0.05, 0.1) is 22.9 Å². The van der Waals surface area contributed by atoms with Gasteiger partial charge in [-0.05, 0) is 69.5 Å². The van der Waals surface area contributed by atoms with Crippen LogP contribution >= 0.6 is 11.3 Å². The monoisotopic (exact) mass is 453 g/mol. The molecule has 0 saturated carbocycles. The molecule has 0 bridgehead atoms. The Morgan fingerprint density at radius 3 is 2.56 bits per heavy atom. The summed E-state index contributed by atoms with van der Waals surface area (Å²) in [4.78, 5) is 19.8. The number of amides is 1. The smallest absolute Gasteiger partial charge is 0.223 e. The number of piperidine rings is 1. The molecule has 7 heteroatoms. The Kier molecular flexibility index (Phi) is 7.15. The molecule has 1 fully saturated rings. The summed E-state index contributed by atoms with van der Waals surface area (Å²) in [5.41, 5.74) is 2.07. The van der Waals surface area contributed by atoms with Crippen molar-refractivity contribution in [3.63, 3.8) is 0 Å². The van der Waals surface area contributed by atoms with Gasteiger partial charge in [-0.2, -0.15) is 0 Å². The largest absolute Gasteiger partial charge is 0.494 e. The number of anilines is 1. The fourth-order valence-corrected chi connectivity index (χ4v) is 4.95. The maximum absolute atomic E-state index is 12.7. The molecule has 32 heavy (non-hydrogen) atoms. The van der Waals surface area contributed by atoms with Crippen LogP contribution in [0.15, 0.2) is 42.5 Å². The maximum Gasteiger partial charge on any atom is 0.223 e. The molecule has 6 nitrogen and oxygen atoms in total. The quantitative estimate of drug-likeness (QED) is 0.519. The number of hydrogen-bond acceptors (Lipinski definition) is 6. The van der Waals surface area contributed by atoms with Crippen molar-refractivity contribution in [2.45, 2.75) is 46.3 Å². The summed E-state index contributed by atoms with van der Waals surface area (Å²) in [6.07, 6.45) is 1.84. The van der Waals surface area contributed by atoms with E-state index in [1.807, 2.05) is 57.2 Å². The summed E-state index contributed by atoms with van der Waals surface area (Å²) in [5, 5.41) is 4.12. The fraction of sp³-hybridized carbons (Fsp3) is 0.440. The van der Waals surface area contributed by atoms with E-state index in [9.17, 15) is 4.79 Å². The number of nitrogens with zero attached hydrogens (tertiary/aromatic N) is 2. The molecule has 4 rings (SSSR count). The molecule has 1 amide bonds. The Balaban J connectivity index is 1.27. The second kappa shape index (κ2) is 10.2. The lowest BCUT2D eigenvalue weighted by atomic mass is 9.96. The summed E-state index contributed by atoms with van der Waals surface area (Å²) in [7, 11) is 0. The van der Waals surface area contributed by atoms with Gasteiger partial charge in [0.15, 0.2) is 5.13 Å². The molecular formula is C25H31N3O3S. The molecule has 1 aliphatic heterocycles. The zero-order chi connectivity index (χ0) is 22.5. The number of thiazole rings is 1. The van der Waals surface area contributed by atoms with E-state index in [1.165, 1.54) is 0 Å². The predicted octanol–water partition coefficient (Wildman–Crippen LogP) is 5.02. The molecule has 0 radical (unpaired) electrons. The van der Waals surface area contributed by atoms with E-state index in [4.69, 9.17) is 14.5 Å². The first-order valence-corrected chi connectivity index (χ1v) is 12.1. The van der Waals surface area contributed by atoms with Crippen molar-refractivity contribution in [2.24, 2.45) is 5.92 Å². The molecule has 0 unspecified atom stereocenters. The minimum absolute atomic E-state index is 0.0498. The van der Waals surface area contributed by atoms with Gasteiger partial charge in [0, 0.05) is 25.6 Å². The summed E-state index contributed by atoms with van der Waals surface area (Å²) in [6.45, 7) is 8.89. The summed E-state index contributed by atoms with van der Waals surface area (Å²) < 4.78 is 12.4. The highest BCUT2D eigenvalue weighted by Crippen LogP contribution is 2.33. The van der Waals surface area contributed by atoms with Gasteiger partial charge in [0.1, 0.15) is 11.5 Å². The van der Waals surface area contributed by atoms with Gasteiger partial charge in [-0.3, -0.25) is 4.79 Å². The first-order valence-electron chi connectivity index (χ1n) is 11.3. The molecule has 3 aromatic rings. The van der Waals surface area contributed by atoms with Gasteiger partial charge >= 0.3 is 0 Å². The van der Waals surface area contributed by atoms with Crippen LogP contribution in [0.2, 0.25) is 0 Å². The highest BCUT2D eigenvalue weighted by Gasteiger charge is 2.26. The van der Waals surface area contributed by atoms with Gasteiger partial charge < -0.3 is 19.7 Å². The SMILES string of the molecule is CCOc1ccc2nc(N3CCC(C(=O)NCc4ccc(OC(C)C)cc4)CC3)sc2c1. The van der Waals surface area contributed by atoms with Gasteiger partial charge in [0.25, 0.3) is 0 Å². The van der Waals surface area contributed by atoms with Gasteiger partial charge in [0.2, 0.25) is 5.91 Å². The standard InChI is InChI=1S/C25H31N3O3S/c1-4-30-21-9-10-22-23(15-21)32-25(27-22)28-13-11-19(12-14-28)24(29)26-16-18-5-7-20(8-6-18)31-17(2)3/h5-10,15,17,19H,4,11-14,16H2,1-3H3,(H,26,29). The number of benzene rings is 2. The van der Waals surface area contributed by atoms with Crippen LogP contribution in [0.5, 0.6) is 11.5 Å². The van der Waals surface area contributed by atoms with E-state index in [-0.39, 0.29) is 17.9 Å². The maximum atomic E-state index is 12.7. The first kappa shape index (κ1) is 22.4. The zero-order valence-corrected chi connectivity index (χ0v) is 19.8. The third kappa shape index (κ3) is 5.51. The predicted molar refractivity (Wildman–Crippen MR) is 130 cm³/mol. The Morgan fingerprint density at radius 2 is 1.88 bits per heavy atom. The molecule has 0 atom stereocenters. The lowest BCUT2D eigenvalue weighted by molar-refractivity contribution is -0.125. The number of hydrogen-bond donors (Lipinski definition) is 1. The van der Waals surface area contributed by atoms with Crippen molar-refractivity contribution < 1.29 is 14.3 Å². The molecule has 0 aliphatic carbocycles. The number of rotatable bonds is 8. The van der Waals surface area contributed by atoms with E-state index in [1.54, 1.807) is 11.3 Å². The second-order valence-electron chi connectivity index (χ2n) is 8.35. The third-order valence-electron chi connectivity index (χ3n) is 5.56. The zero-order valence-electron chi connectivity index (χ0n) is 19.0. The van der Waals surface area contributed by atoms with Gasteiger partial charge in [-0.1, -0.05) is 23.5 Å². The molecule has 2 heterocycles. The number of fused-ring (bicyclic) bond motifs is 1. The minimum Gasteiger partial charge on any atom is -0.494 e. The van der Waals surface area contributed by atoms with Crippen molar-refractivity contribution in [2.75, 3.05) is 24.6 Å². The second-order valence-corrected chi connectivity index (χ2v) is 9.36. The molecular weight excluding hydrogens is 422 g/mol. The van der Waals surface area contributed by atoms with Crippen LogP contribution in [-0.4, -0.2) is 36.7 Å². The van der Waals surface area contributed by atoms with Crippen molar-refractivity contribution in [3.8, 4) is 11.5 Å². The van der Waals surface area contributed by atoms with E-state index in [2.05, 4.69) is 16.3 Å². The van der Waals surface area contributed by atoms with E-state index < -0.39 is 0 Å². The molecule has 2 aromatic carbocycles. The van der Waals surface area contributed by atoms with Crippen molar-refractivity contribution in [1.29, 1.82) is 0 Å². The average Bonchev–Trinajstić information content (AvgIpc) is 3.22. The number of ether oxygens (including phenoxy) is 2. The Labute approximate surface area is 193 Å². The lowest BCUT2D eigenvalue weighted by Crippen LogP contribution is -2.40. The van der Waals surface area contributed by atoms with Crippen LogP contribution in [-0.2, 0) is 11.3 Å². The van der Waals surface area contributed by atoms with Crippen LogP contribution in [0.3, 0.4) is 0 Å². The van der Waals surface area contributed by atoms with Crippen LogP contribution in [0.4, 0.5) is 5.13 Å². The molecule has 0 spiro atoms. The van der Waals surface area contributed by atoms with Crippen LogP contribution in [0.25, 0.3) is 10.2 Å². The lowest BCUT2D eigenvalue weighted by Gasteiger charge is -2.31. The number of aromatic nitrogens is 1. The minimum atomic E-state index is 0.0498. The Bertz CT molecular complexity index is 1040. The molecule has 1 saturated heterocycles. The van der Waals surface area contributed by atoms with Gasteiger partial charge in [-0.25, -0.2) is 4.98 Å². The van der Waals surface area contributed by atoms with Crippen molar-refractivity contribution in [1.82, 2.24) is 10.3 Å². The molecule has 1 aliphatic rings. The molecule has 1 aromatic heterocycles. The van der Waals surface area contributed by atoms with Crippen LogP contribution in [0.1, 0.15) is 39.2 Å². The summed E-state index contributed by atoms with van der Waals surface area (Å²) in [6, 6.07) is 14.0. The number of carbonyl (C=O) groups excluding carboxylic acids is 1. The van der Waals surface area contributed by atoms with Crippen molar-refractivity contribution in [3.05, 3.63) is 48.0 Å². The van der Waals surface area contributed by atoms with E-state index in [0.717, 1.165) is 58.3 Å². The highest BCUT2D eigenvalue weighted by molar-refractivity contribution is 7.22. The van der Waals surface area contributed by atoms with Crippen molar-refractivity contribution >= 4 is 32.6 Å². The third-order valence-corrected chi connectivity index (χ3v) is 6.64. The summed E-state index contributed by atoms with van der Waals surface area (Å²) >= 11 is 1.69. The van der Waals surface area contributed by atoms with E-state index in [0.29, 0.717) is 13.2 Å². The highest BCUT2D eigenvalue weighted by atomic mass is 32.1. The number of nitrogens with one attached hydrogen (secondary N) is 1. The molecule has 1 N–H and O–H groups in total. The topological polar surface area (TPSA) is 63.7 Å². The average molecular weight is 454 g/mol. The first-order chi connectivity index (χ1) is 15.5. The van der Waals surface area contributed by atoms with Crippen LogP contribution in [0, 0.1) is 5.92 Å². The fourth-order valence-electron chi connectivity index (χ4n) is 3.91.